The Hall–Kier alpha value is -0.410. The molecule has 0 heterocycles. The molecule has 0 radical (unpaired) electrons. The summed E-state index contributed by atoms with van der Waals surface area (Å²) in [5, 5.41) is 5.15. The number of halogens is 4. The zero-order chi connectivity index (χ0) is 13.1. The zero-order valence-corrected chi connectivity index (χ0v) is 13.0. The summed E-state index contributed by atoms with van der Waals surface area (Å²) < 4.78 is 0.887. The molecule has 2 rings (SSSR count). The molecule has 0 amide bonds. The van der Waals surface area contributed by atoms with Crippen molar-refractivity contribution in [3.8, 4) is 0 Å². The van der Waals surface area contributed by atoms with Gasteiger partial charge in [-0.3, -0.25) is 0 Å². The van der Waals surface area contributed by atoms with Crippen LogP contribution in [0.25, 0.3) is 0 Å². The molecule has 5 heteroatoms. The molecule has 0 bridgehead atoms. The fraction of sp³-hybridized carbons (Fsp3) is 0.0769. The van der Waals surface area contributed by atoms with Crippen LogP contribution in [0.2, 0.25) is 15.1 Å². The highest BCUT2D eigenvalue weighted by molar-refractivity contribution is 9.10. The van der Waals surface area contributed by atoms with Gasteiger partial charge in [-0.1, -0.05) is 40.9 Å². The van der Waals surface area contributed by atoms with Crippen molar-refractivity contribution in [2.45, 2.75) is 6.54 Å². The minimum atomic E-state index is 0.603. The third kappa shape index (κ3) is 3.55. The number of anilines is 1. The van der Waals surface area contributed by atoms with Crippen molar-refractivity contribution in [3.63, 3.8) is 0 Å². The Balaban J connectivity index is 2.09. The van der Waals surface area contributed by atoms with E-state index in [0.29, 0.717) is 21.6 Å². The maximum atomic E-state index is 6.07. The van der Waals surface area contributed by atoms with Crippen LogP contribution >= 0.6 is 50.7 Å². The molecule has 2 aromatic carbocycles. The summed E-state index contributed by atoms with van der Waals surface area (Å²) in [5.41, 5.74) is 1.93. The molecule has 1 nitrogen and oxygen atoms in total. The smallest absolute Gasteiger partial charge is 0.0652 e. The Bertz CT molecular complexity index is 572. The van der Waals surface area contributed by atoms with Gasteiger partial charge in [0.1, 0.15) is 0 Å². The first-order valence-electron chi connectivity index (χ1n) is 5.19. The van der Waals surface area contributed by atoms with Gasteiger partial charge in [-0.05, 0) is 51.8 Å². The molecule has 0 fully saturated rings. The Morgan fingerprint density at radius 3 is 2.39 bits per heavy atom. The van der Waals surface area contributed by atoms with Crippen LogP contribution in [-0.2, 0) is 6.54 Å². The molecule has 1 N–H and O–H groups in total. The number of nitrogens with one attached hydrogen (secondary N) is 1. The van der Waals surface area contributed by atoms with Crippen LogP contribution < -0.4 is 5.32 Å². The summed E-state index contributed by atoms with van der Waals surface area (Å²) in [6.45, 7) is 0.647. The largest absolute Gasteiger partial charge is 0.380 e. The Labute approximate surface area is 129 Å². The number of rotatable bonds is 3. The second-order valence-electron chi connectivity index (χ2n) is 3.73. The lowest BCUT2D eigenvalue weighted by atomic mass is 10.2. The first-order valence-corrected chi connectivity index (χ1v) is 7.12. The Morgan fingerprint density at radius 1 is 0.944 bits per heavy atom. The van der Waals surface area contributed by atoms with Gasteiger partial charge in [0.05, 0.1) is 15.7 Å². The topological polar surface area (TPSA) is 12.0 Å². The molecule has 0 unspecified atom stereocenters. The fourth-order valence-electron chi connectivity index (χ4n) is 1.48. The SMILES string of the molecule is Clc1ccc(NCc2ccc(Br)c(Cl)c2)c(Cl)c1. The predicted molar refractivity (Wildman–Crippen MR) is 82.9 cm³/mol. The van der Waals surface area contributed by atoms with Crippen molar-refractivity contribution in [2.75, 3.05) is 5.32 Å². The van der Waals surface area contributed by atoms with E-state index in [1.807, 2.05) is 24.3 Å². The van der Waals surface area contributed by atoms with Gasteiger partial charge in [-0.25, -0.2) is 0 Å². The zero-order valence-electron chi connectivity index (χ0n) is 9.18. The van der Waals surface area contributed by atoms with Crippen LogP contribution in [0.3, 0.4) is 0 Å². The second kappa shape index (κ2) is 6.16. The molecular formula is C13H9BrCl3N. The first kappa shape index (κ1) is 14.0. The van der Waals surface area contributed by atoms with Crippen LogP contribution in [0.4, 0.5) is 5.69 Å². The van der Waals surface area contributed by atoms with Crippen LogP contribution in [0.15, 0.2) is 40.9 Å². The van der Waals surface area contributed by atoms with Crippen LogP contribution in [-0.4, -0.2) is 0 Å². The van der Waals surface area contributed by atoms with Crippen LogP contribution in [0, 0.1) is 0 Å². The van der Waals surface area contributed by atoms with Crippen LogP contribution in [0.5, 0.6) is 0 Å². The molecule has 0 aromatic heterocycles. The summed E-state index contributed by atoms with van der Waals surface area (Å²) in [6, 6.07) is 11.2. The minimum Gasteiger partial charge on any atom is -0.380 e. The van der Waals surface area contributed by atoms with Crippen LogP contribution in [0.1, 0.15) is 5.56 Å². The van der Waals surface area contributed by atoms with Gasteiger partial charge in [0, 0.05) is 16.0 Å². The van der Waals surface area contributed by atoms with E-state index < -0.39 is 0 Å². The van der Waals surface area contributed by atoms with E-state index >= 15 is 0 Å². The van der Waals surface area contributed by atoms with E-state index in [-0.39, 0.29) is 0 Å². The monoisotopic (exact) mass is 363 g/mol. The van der Waals surface area contributed by atoms with E-state index in [9.17, 15) is 0 Å². The van der Waals surface area contributed by atoms with Crippen molar-refractivity contribution in [2.24, 2.45) is 0 Å². The predicted octanol–water partition coefficient (Wildman–Crippen LogP) is 6.02. The third-order valence-electron chi connectivity index (χ3n) is 2.40. The van der Waals surface area contributed by atoms with Gasteiger partial charge in [0.15, 0.2) is 0 Å². The first-order chi connectivity index (χ1) is 8.56. The lowest BCUT2D eigenvalue weighted by Crippen LogP contribution is -1.99. The van der Waals surface area contributed by atoms with Crippen molar-refractivity contribution >= 4 is 56.4 Å². The second-order valence-corrected chi connectivity index (χ2v) is 5.83. The lowest BCUT2D eigenvalue weighted by Gasteiger charge is -2.09. The number of hydrogen-bond acceptors (Lipinski definition) is 1. The summed E-state index contributed by atoms with van der Waals surface area (Å²) in [5.74, 6) is 0. The Kier molecular flexibility index (Phi) is 4.79. The standard InChI is InChI=1S/C13H9BrCl3N/c14-10-3-1-8(5-11(10)16)7-18-13-4-2-9(15)6-12(13)17/h1-6,18H,7H2. The Morgan fingerprint density at radius 2 is 1.72 bits per heavy atom. The molecule has 0 spiro atoms. The van der Waals surface area contributed by atoms with Crippen molar-refractivity contribution < 1.29 is 0 Å². The molecule has 0 saturated heterocycles. The molecule has 0 aliphatic rings. The summed E-state index contributed by atoms with van der Waals surface area (Å²) >= 11 is 21.3. The van der Waals surface area contributed by atoms with Gasteiger partial charge in [0.25, 0.3) is 0 Å². The van der Waals surface area contributed by atoms with Crippen molar-refractivity contribution in [3.05, 3.63) is 61.5 Å². The highest BCUT2D eigenvalue weighted by atomic mass is 79.9. The molecule has 2 aromatic rings. The van der Waals surface area contributed by atoms with E-state index in [0.717, 1.165) is 15.7 Å². The lowest BCUT2D eigenvalue weighted by molar-refractivity contribution is 1.15. The van der Waals surface area contributed by atoms with E-state index in [2.05, 4.69) is 21.2 Å². The van der Waals surface area contributed by atoms with E-state index in [4.69, 9.17) is 34.8 Å². The molecule has 0 atom stereocenters. The van der Waals surface area contributed by atoms with Gasteiger partial charge >= 0.3 is 0 Å². The van der Waals surface area contributed by atoms with Gasteiger partial charge < -0.3 is 5.32 Å². The number of hydrogen-bond donors (Lipinski definition) is 1. The summed E-state index contributed by atoms with van der Waals surface area (Å²) in [7, 11) is 0. The van der Waals surface area contributed by atoms with Crippen molar-refractivity contribution in [1.29, 1.82) is 0 Å². The summed E-state index contributed by atoms with van der Waals surface area (Å²) in [4.78, 5) is 0. The molecule has 0 aliphatic carbocycles. The van der Waals surface area contributed by atoms with E-state index in [1.54, 1.807) is 12.1 Å². The van der Waals surface area contributed by atoms with Gasteiger partial charge in [-0.2, -0.15) is 0 Å². The average Bonchev–Trinajstić information content (AvgIpc) is 2.32. The molecule has 0 saturated carbocycles. The molecule has 94 valence electrons. The molecular weight excluding hydrogens is 356 g/mol. The van der Waals surface area contributed by atoms with E-state index in [1.165, 1.54) is 0 Å². The minimum absolute atomic E-state index is 0.603. The maximum absolute atomic E-state index is 6.07. The fourth-order valence-corrected chi connectivity index (χ4v) is 2.40. The molecule has 18 heavy (non-hydrogen) atoms. The highest BCUT2D eigenvalue weighted by Crippen LogP contribution is 2.27. The normalized spacial score (nSPS) is 10.4. The number of benzene rings is 2. The van der Waals surface area contributed by atoms with Gasteiger partial charge in [-0.15, -0.1) is 0 Å². The quantitative estimate of drug-likeness (QED) is 0.701. The van der Waals surface area contributed by atoms with Crippen molar-refractivity contribution in [1.82, 2.24) is 0 Å². The molecule has 0 aliphatic heterocycles. The third-order valence-corrected chi connectivity index (χ3v) is 4.18. The highest BCUT2D eigenvalue weighted by Gasteiger charge is 2.02. The average molecular weight is 365 g/mol. The van der Waals surface area contributed by atoms with Gasteiger partial charge in [0.2, 0.25) is 0 Å². The summed E-state index contributed by atoms with van der Waals surface area (Å²) in [6.07, 6.45) is 0. The maximum Gasteiger partial charge on any atom is 0.0652 e.